The summed E-state index contributed by atoms with van der Waals surface area (Å²) in [7, 11) is -7.34. The highest BCUT2D eigenvalue weighted by Crippen LogP contribution is 2.58. The van der Waals surface area contributed by atoms with Crippen LogP contribution in [0.4, 0.5) is 0 Å². The first-order valence-electron chi connectivity index (χ1n) is 15.4. The predicted molar refractivity (Wildman–Crippen MR) is 180 cm³/mol. The van der Waals surface area contributed by atoms with E-state index in [0.29, 0.717) is 17.1 Å². The predicted octanol–water partition coefficient (Wildman–Crippen LogP) is 11.0. The Bertz CT molecular complexity index is 1480. The summed E-state index contributed by atoms with van der Waals surface area (Å²) in [4.78, 5) is 0. The van der Waals surface area contributed by atoms with Crippen molar-refractivity contribution in [1.29, 1.82) is 0 Å². The van der Waals surface area contributed by atoms with Gasteiger partial charge < -0.3 is 9.05 Å². The second kappa shape index (κ2) is 16.3. The van der Waals surface area contributed by atoms with Crippen LogP contribution in [0, 0.1) is 6.92 Å². The first-order chi connectivity index (χ1) is 21.3. The van der Waals surface area contributed by atoms with Crippen LogP contribution in [0.5, 0.6) is 11.5 Å². The van der Waals surface area contributed by atoms with Crippen LogP contribution in [-0.2, 0) is 36.9 Å². The minimum atomic E-state index is -3.67. The fourth-order valence-corrected chi connectivity index (χ4v) is 8.52. The second-order valence-corrected chi connectivity index (χ2v) is 14.8. The topological polar surface area (TPSA) is 71.1 Å². The molecule has 2 unspecified atom stereocenters. The number of unbranched alkanes of at least 4 members (excludes halogenated alkanes) is 2. The van der Waals surface area contributed by atoms with Gasteiger partial charge >= 0.3 is 15.2 Å². The maximum Gasteiger partial charge on any atom is 0.383 e. The Kier molecular flexibility index (Phi) is 12.5. The van der Waals surface area contributed by atoms with Gasteiger partial charge in [0.25, 0.3) is 0 Å². The van der Waals surface area contributed by atoms with Gasteiger partial charge in [-0.25, -0.2) is 9.13 Å². The summed E-state index contributed by atoms with van der Waals surface area (Å²) in [5, 5.41) is 0. The van der Waals surface area contributed by atoms with Crippen molar-refractivity contribution >= 4 is 15.2 Å². The zero-order valence-electron chi connectivity index (χ0n) is 26.2. The van der Waals surface area contributed by atoms with Crippen LogP contribution in [-0.4, -0.2) is 13.2 Å². The molecule has 0 spiro atoms. The van der Waals surface area contributed by atoms with Gasteiger partial charge in [0.2, 0.25) is 0 Å². The summed E-state index contributed by atoms with van der Waals surface area (Å²) in [6.07, 6.45) is 4.06. The third kappa shape index (κ3) is 9.68. The lowest BCUT2D eigenvalue weighted by atomic mass is 9.98. The molecule has 8 heteroatoms. The van der Waals surface area contributed by atoms with Crippen molar-refractivity contribution in [3.63, 3.8) is 0 Å². The van der Waals surface area contributed by atoms with Gasteiger partial charge in [-0.05, 0) is 68.0 Å². The fraction of sp³-hybridized carbons (Fsp3) is 0.333. The maximum absolute atomic E-state index is 14.3. The minimum absolute atomic E-state index is 0.108. The molecule has 0 N–H and O–H groups in total. The molecule has 0 saturated heterocycles. The number of rotatable bonds is 17. The van der Waals surface area contributed by atoms with Crippen molar-refractivity contribution in [3.8, 4) is 22.6 Å². The van der Waals surface area contributed by atoms with Gasteiger partial charge in [-0.2, -0.15) is 0 Å². The standard InChI is InChI=1S/C36H44O6P2/c1-5-8-11-22-32-25-34(41-43(37,39-6-2)27-30-18-12-9-13-19-30)36(33-23-16-17-29(4)24-33)35(26-32)42-44(38,40-7-3)28-31-20-14-10-15-21-31/h9-10,12-21,23-26H,5-8,11,22,27-28H2,1-4H3. The molecule has 4 rings (SSSR count). The highest BCUT2D eigenvalue weighted by atomic mass is 31.2. The third-order valence-electron chi connectivity index (χ3n) is 7.07. The van der Waals surface area contributed by atoms with E-state index in [9.17, 15) is 9.13 Å². The van der Waals surface area contributed by atoms with Gasteiger partial charge in [0.1, 0.15) is 11.5 Å². The number of hydrogen-bond acceptors (Lipinski definition) is 6. The Balaban J connectivity index is 1.88. The Labute approximate surface area is 262 Å². The average molecular weight is 635 g/mol. The van der Waals surface area contributed by atoms with Gasteiger partial charge in [0.05, 0.1) is 31.1 Å². The second-order valence-electron chi connectivity index (χ2n) is 10.8. The Morgan fingerprint density at radius 1 is 0.591 bits per heavy atom. The molecule has 0 aliphatic rings. The van der Waals surface area contributed by atoms with Gasteiger partial charge in [-0.3, -0.25) is 9.05 Å². The molecule has 0 radical (unpaired) electrons. The van der Waals surface area contributed by atoms with E-state index < -0.39 is 15.2 Å². The lowest BCUT2D eigenvalue weighted by molar-refractivity contribution is 0.276. The zero-order valence-corrected chi connectivity index (χ0v) is 28.0. The molecule has 4 aromatic carbocycles. The monoisotopic (exact) mass is 634 g/mol. The van der Waals surface area contributed by atoms with Crippen LogP contribution in [0.1, 0.15) is 62.3 Å². The van der Waals surface area contributed by atoms with E-state index in [1.54, 1.807) is 13.8 Å². The molecule has 0 amide bonds. The van der Waals surface area contributed by atoms with Gasteiger partial charge in [-0.1, -0.05) is 110 Å². The summed E-state index contributed by atoms with van der Waals surface area (Å²) in [6.45, 7) is 8.22. The molecular weight excluding hydrogens is 590 g/mol. The third-order valence-corrected chi connectivity index (χ3v) is 10.8. The average Bonchev–Trinajstić information content (AvgIpc) is 2.98. The molecule has 0 aliphatic heterocycles. The van der Waals surface area contributed by atoms with Crippen LogP contribution in [0.25, 0.3) is 11.1 Å². The van der Waals surface area contributed by atoms with E-state index in [1.165, 1.54) is 0 Å². The summed E-state index contributed by atoms with van der Waals surface area (Å²) in [5.41, 5.74) is 5.02. The molecule has 44 heavy (non-hydrogen) atoms. The van der Waals surface area contributed by atoms with Crippen molar-refractivity contribution in [1.82, 2.24) is 0 Å². The van der Waals surface area contributed by atoms with Crippen LogP contribution in [0.15, 0.2) is 97.1 Å². The van der Waals surface area contributed by atoms with Gasteiger partial charge in [0, 0.05) is 0 Å². The molecule has 0 aliphatic carbocycles. The van der Waals surface area contributed by atoms with Crippen molar-refractivity contribution in [2.75, 3.05) is 13.2 Å². The summed E-state index contributed by atoms with van der Waals surface area (Å²) < 4.78 is 53.4. The molecule has 0 bridgehead atoms. The van der Waals surface area contributed by atoms with Crippen molar-refractivity contribution in [2.24, 2.45) is 0 Å². The number of benzene rings is 4. The Morgan fingerprint density at radius 2 is 1.11 bits per heavy atom. The first-order valence-corrected chi connectivity index (χ1v) is 18.9. The molecule has 0 saturated carbocycles. The van der Waals surface area contributed by atoms with Crippen LogP contribution in [0.3, 0.4) is 0 Å². The largest absolute Gasteiger partial charge is 0.423 e. The van der Waals surface area contributed by atoms with Crippen molar-refractivity contribution in [2.45, 2.75) is 65.7 Å². The van der Waals surface area contributed by atoms with Crippen LogP contribution < -0.4 is 9.05 Å². The van der Waals surface area contributed by atoms with E-state index in [2.05, 4.69) is 6.92 Å². The molecule has 4 aromatic rings. The quantitative estimate of drug-likeness (QED) is 0.0850. The number of hydrogen-bond donors (Lipinski definition) is 0. The Hall–Kier alpha value is -3.14. The van der Waals surface area contributed by atoms with E-state index in [4.69, 9.17) is 18.1 Å². The number of aryl methyl sites for hydroxylation is 2. The molecule has 6 nitrogen and oxygen atoms in total. The minimum Gasteiger partial charge on any atom is -0.423 e. The maximum atomic E-state index is 14.3. The molecule has 234 valence electrons. The van der Waals surface area contributed by atoms with E-state index in [1.807, 2.05) is 104 Å². The molecule has 0 heterocycles. The van der Waals surface area contributed by atoms with Crippen molar-refractivity contribution in [3.05, 3.63) is 119 Å². The summed E-state index contributed by atoms with van der Waals surface area (Å²) in [6, 6.07) is 30.9. The molecular formula is C36H44O6P2. The fourth-order valence-electron chi connectivity index (χ4n) is 5.11. The highest BCUT2D eigenvalue weighted by molar-refractivity contribution is 7.53. The molecule has 0 aromatic heterocycles. The first kappa shape index (κ1) is 33.7. The summed E-state index contributed by atoms with van der Waals surface area (Å²) in [5.74, 6) is 0.741. The van der Waals surface area contributed by atoms with Crippen LogP contribution >= 0.6 is 15.2 Å². The lowest BCUT2D eigenvalue weighted by Crippen LogP contribution is -2.06. The van der Waals surface area contributed by atoms with E-state index in [-0.39, 0.29) is 25.5 Å². The van der Waals surface area contributed by atoms with E-state index >= 15 is 0 Å². The highest BCUT2D eigenvalue weighted by Gasteiger charge is 2.32. The summed E-state index contributed by atoms with van der Waals surface area (Å²) >= 11 is 0. The van der Waals surface area contributed by atoms with Gasteiger partial charge in [-0.15, -0.1) is 0 Å². The van der Waals surface area contributed by atoms with Gasteiger partial charge in [0.15, 0.2) is 0 Å². The molecule has 2 atom stereocenters. The SMILES string of the molecule is CCCCCc1cc(OP(=O)(Cc2ccccc2)OCC)c(-c2cccc(C)c2)c(OP(=O)(Cc2ccccc2)OCC)c1. The zero-order chi connectivity index (χ0) is 31.4. The van der Waals surface area contributed by atoms with E-state index in [0.717, 1.165) is 53.5 Å². The normalized spacial score (nSPS) is 14.0. The van der Waals surface area contributed by atoms with Crippen molar-refractivity contribution < 1.29 is 27.2 Å². The smallest absolute Gasteiger partial charge is 0.383 e. The van der Waals surface area contributed by atoms with Crippen LogP contribution in [0.2, 0.25) is 0 Å². The lowest BCUT2D eigenvalue weighted by Gasteiger charge is -2.25. The molecule has 0 fully saturated rings. The Morgan fingerprint density at radius 3 is 1.57 bits per heavy atom.